The van der Waals surface area contributed by atoms with E-state index in [-0.39, 0.29) is 11.7 Å². The number of carbonyl (C=O) groups excluding carboxylic acids is 2. The molecule has 1 N–H and O–H groups in total. The Kier molecular flexibility index (Phi) is 7.18. The van der Waals surface area contributed by atoms with E-state index < -0.39 is 6.04 Å². The molecule has 0 aliphatic heterocycles. The molecule has 1 aliphatic rings. The van der Waals surface area contributed by atoms with Gasteiger partial charge in [0, 0.05) is 6.92 Å². The monoisotopic (exact) mass is 223 g/mol. The molecule has 0 unspecified atom stereocenters. The fraction of sp³-hybridized carbons (Fsp3) is 0.538. The predicted octanol–water partition coefficient (Wildman–Crippen LogP) is 2.38. The first-order valence-corrected chi connectivity index (χ1v) is 5.75. The Morgan fingerprint density at radius 2 is 1.88 bits per heavy atom. The molecule has 1 amide bonds. The second-order valence-electron chi connectivity index (χ2n) is 3.43. The maximum atomic E-state index is 11.3. The van der Waals surface area contributed by atoms with E-state index in [1.165, 1.54) is 13.8 Å². The van der Waals surface area contributed by atoms with Crippen LogP contribution in [0.15, 0.2) is 23.8 Å². The summed E-state index contributed by atoms with van der Waals surface area (Å²) < 4.78 is 0. The van der Waals surface area contributed by atoms with Gasteiger partial charge in [0.05, 0.1) is 0 Å². The number of rotatable bonds is 3. The van der Waals surface area contributed by atoms with Crippen LogP contribution in [0.3, 0.4) is 0 Å². The van der Waals surface area contributed by atoms with Crippen molar-refractivity contribution < 1.29 is 9.59 Å². The topological polar surface area (TPSA) is 46.2 Å². The normalized spacial score (nSPS) is 15.4. The predicted molar refractivity (Wildman–Crippen MR) is 66.1 cm³/mol. The Bertz CT molecular complexity index is 303. The molecule has 0 aromatic rings. The van der Waals surface area contributed by atoms with Crippen LogP contribution in [-0.2, 0) is 9.59 Å². The van der Waals surface area contributed by atoms with Crippen molar-refractivity contribution in [1.29, 1.82) is 0 Å². The fourth-order valence-corrected chi connectivity index (χ4v) is 1.47. The number of hydrogen-bond acceptors (Lipinski definition) is 2. The summed E-state index contributed by atoms with van der Waals surface area (Å²) in [5, 5.41) is 2.64. The Labute approximate surface area is 97.6 Å². The standard InChI is InChI=1S/C11H15NO2.C2H6/c1-8(13)11(12-9(2)14)10-6-4-3-5-7-10;1-2/h4,6-7,11H,3,5H2,1-2H3,(H,12,14);1-2H3/t11-;/m0./s1. The molecular weight excluding hydrogens is 202 g/mol. The zero-order valence-corrected chi connectivity index (χ0v) is 10.5. The molecule has 1 aliphatic carbocycles. The van der Waals surface area contributed by atoms with Crippen LogP contribution in [0.25, 0.3) is 0 Å². The molecule has 0 bridgehead atoms. The van der Waals surface area contributed by atoms with Crippen LogP contribution in [0.2, 0.25) is 0 Å². The van der Waals surface area contributed by atoms with E-state index >= 15 is 0 Å². The average Bonchev–Trinajstić information content (AvgIpc) is 2.29. The summed E-state index contributed by atoms with van der Waals surface area (Å²) in [7, 11) is 0. The first-order valence-electron chi connectivity index (χ1n) is 5.75. The summed E-state index contributed by atoms with van der Waals surface area (Å²) >= 11 is 0. The first kappa shape index (κ1) is 14.6. The molecule has 0 saturated heterocycles. The van der Waals surface area contributed by atoms with Gasteiger partial charge in [-0.2, -0.15) is 0 Å². The van der Waals surface area contributed by atoms with Crippen molar-refractivity contribution >= 4 is 11.7 Å². The molecular formula is C13H21NO2. The van der Waals surface area contributed by atoms with Gasteiger partial charge in [-0.3, -0.25) is 9.59 Å². The molecule has 3 nitrogen and oxygen atoms in total. The third-order valence-corrected chi connectivity index (χ3v) is 2.11. The van der Waals surface area contributed by atoms with E-state index in [0.717, 1.165) is 18.4 Å². The van der Waals surface area contributed by atoms with E-state index in [2.05, 4.69) is 5.32 Å². The van der Waals surface area contributed by atoms with Crippen molar-refractivity contribution in [1.82, 2.24) is 5.32 Å². The van der Waals surface area contributed by atoms with Crippen LogP contribution in [0.4, 0.5) is 0 Å². The molecule has 0 heterocycles. The number of nitrogens with one attached hydrogen (secondary N) is 1. The SMILES string of the molecule is CC.CC(=O)N[C@@H](C(C)=O)C1=CCCC=C1. The molecule has 90 valence electrons. The first-order chi connectivity index (χ1) is 7.61. The minimum atomic E-state index is -0.468. The van der Waals surface area contributed by atoms with Crippen molar-refractivity contribution in [2.75, 3.05) is 0 Å². The smallest absolute Gasteiger partial charge is 0.217 e. The maximum Gasteiger partial charge on any atom is 0.217 e. The minimum Gasteiger partial charge on any atom is -0.342 e. The molecule has 0 saturated carbocycles. The van der Waals surface area contributed by atoms with Gasteiger partial charge in [0.2, 0.25) is 5.91 Å². The van der Waals surface area contributed by atoms with Gasteiger partial charge < -0.3 is 5.32 Å². The van der Waals surface area contributed by atoms with Gasteiger partial charge in [-0.05, 0) is 25.3 Å². The van der Waals surface area contributed by atoms with Crippen LogP contribution >= 0.6 is 0 Å². The maximum absolute atomic E-state index is 11.3. The van der Waals surface area contributed by atoms with Crippen molar-refractivity contribution in [2.45, 2.75) is 46.6 Å². The lowest BCUT2D eigenvalue weighted by Crippen LogP contribution is -2.39. The molecule has 0 radical (unpaired) electrons. The lowest BCUT2D eigenvalue weighted by Gasteiger charge is -2.17. The summed E-state index contributed by atoms with van der Waals surface area (Å²) in [4.78, 5) is 22.2. The lowest BCUT2D eigenvalue weighted by atomic mass is 9.97. The van der Waals surface area contributed by atoms with Gasteiger partial charge in [0.15, 0.2) is 5.78 Å². The van der Waals surface area contributed by atoms with Crippen molar-refractivity contribution in [3.63, 3.8) is 0 Å². The number of hydrogen-bond donors (Lipinski definition) is 1. The zero-order chi connectivity index (χ0) is 12.6. The van der Waals surface area contributed by atoms with E-state index in [0.29, 0.717) is 0 Å². The van der Waals surface area contributed by atoms with E-state index in [1.54, 1.807) is 0 Å². The summed E-state index contributed by atoms with van der Waals surface area (Å²) in [6, 6.07) is -0.468. The van der Waals surface area contributed by atoms with Crippen LogP contribution in [-0.4, -0.2) is 17.7 Å². The Morgan fingerprint density at radius 3 is 2.25 bits per heavy atom. The van der Waals surface area contributed by atoms with Gasteiger partial charge in [0.1, 0.15) is 6.04 Å². The summed E-state index contributed by atoms with van der Waals surface area (Å²) in [6.07, 6.45) is 7.88. The number of amides is 1. The van der Waals surface area contributed by atoms with E-state index in [4.69, 9.17) is 0 Å². The summed E-state index contributed by atoms with van der Waals surface area (Å²) in [5.74, 6) is -0.205. The average molecular weight is 223 g/mol. The molecule has 0 fully saturated rings. The number of allylic oxidation sites excluding steroid dienone is 2. The molecule has 3 heteroatoms. The third-order valence-electron chi connectivity index (χ3n) is 2.11. The summed E-state index contributed by atoms with van der Waals surface area (Å²) in [6.45, 7) is 6.91. The fourth-order valence-electron chi connectivity index (χ4n) is 1.47. The van der Waals surface area contributed by atoms with Gasteiger partial charge in [0.25, 0.3) is 0 Å². The van der Waals surface area contributed by atoms with Crippen molar-refractivity contribution in [3.8, 4) is 0 Å². The highest BCUT2D eigenvalue weighted by molar-refractivity contribution is 5.90. The van der Waals surface area contributed by atoms with Crippen molar-refractivity contribution in [3.05, 3.63) is 23.8 Å². The Hall–Kier alpha value is -1.38. The largest absolute Gasteiger partial charge is 0.342 e. The lowest BCUT2D eigenvalue weighted by molar-refractivity contribution is -0.124. The second kappa shape index (κ2) is 7.85. The van der Waals surface area contributed by atoms with Gasteiger partial charge >= 0.3 is 0 Å². The molecule has 0 spiro atoms. The minimum absolute atomic E-state index is 0.0296. The molecule has 0 aromatic carbocycles. The zero-order valence-electron chi connectivity index (χ0n) is 10.5. The molecule has 0 aromatic heterocycles. The Morgan fingerprint density at radius 1 is 1.25 bits per heavy atom. The van der Waals surface area contributed by atoms with Crippen LogP contribution < -0.4 is 5.32 Å². The molecule has 16 heavy (non-hydrogen) atoms. The van der Waals surface area contributed by atoms with Crippen LogP contribution in [0, 0.1) is 0 Å². The number of carbonyl (C=O) groups is 2. The second-order valence-corrected chi connectivity index (χ2v) is 3.43. The molecule has 1 rings (SSSR count). The Balaban J connectivity index is 0.00000106. The number of ketones is 1. The van der Waals surface area contributed by atoms with E-state index in [1.807, 2.05) is 32.1 Å². The number of Topliss-reactive ketones (excluding diaryl/α,β-unsaturated/α-hetero) is 1. The quantitative estimate of drug-likeness (QED) is 0.798. The van der Waals surface area contributed by atoms with Gasteiger partial charge in [-0.1, -0.05) is 32.1 Å². The van der Waals surface area contributed by atoms with Gasteiger partial charge in [-0.15, -0.1) is 0 Å². The van der Waals surface area contributed by atoms with Crippen molar-refractivity contribution in [2.24, 2.45) is 0 Å². The highest BCUT2D eigenvalue weighted by Gasteiger charge is 2.18. The van der Waals surface area contributed by atoms with Crippen LogP contribution in [0.5, 0.6) is 0 Å². The van der Waals surface area contributed by atoms with E-state index in [9.17, 15) is 9.59 Å². The highest BCUT2D eigenvalue weighted by atomic mass is 16.2. The summed E-state index contributed by atoms with van der Waals surface area (Å²) in [5.41, 5.74) is 0.902. The third kappa shape index (κ3) is 4.91. The molecule has 1 atom stereocenters. The van der Waals surface area contributed by atoms with Crippen LogP contribution in [0.1, 0.15) is 40.5 Å². The van der Waals surface area contributed by atoms with Gasteiger partial charge in [-0.25, -0.2) is 0 Å². The highest BCUT2D eigenvalue weighted by Crippen LogP contribution is 2.14.